The van der Waals surface area contributed by atoms with E-state index < -0.39 is 20.0 Å². The number of nitrogens with one attached hydrogen (secondary N) is 1. The van der Waals surface area contributed by atoms with Crippen molar-refractivity contribution in [1.82, 2.24) is 5.32 Å². The monoisotopic (exact) mass is 572 g/mol. The molecule has 39 heavy (non-hydrogen) atoms. The zero-order valence-corrected chi connectivity index (χ0v) is 25.5. The lowest BCUT2D eigenvalue weighted by Crippen LogP contribution is -2.45. The van der Waals surface area contributed by atoms with Gasteiger partial charge in [-0.3, -0.25) is 13.8 Å². The van der Waals surface area contributed by atoms with Crippen LogP contribution in [0.15, 0.2) is 36.5 Å². The number of hydrogen-bond acceptors (Lipinski definition) is 6. The van der Waals surface area contributed by atoms with Crippen molar-refractivity contribution in [2.24, 2.45) is 5.73 Å². The number of aliphatic hydroxyl groups is 1. The highest BCUT2D eigenvalue weighted by Crippen LogP contribution is 2.43. The Labute approximate surface area is 238 Å². The number of unbranched alkanes of at least 4 members (excludes halogenated alkanes) is 11. The van der Waals surface area contributed by atoms with Crippen LogP contribution >= 0.6 is 7.82 Å². The molecule has 0 bridgehead atoms. The zero-order valence-electron chi connectivity index (χ0n) is 24.6. The van der Waals surface area contributed by atoms with Crippen molar-refractivity contribution in [1.29, 1.82) is 0 Å². The van der Waals surface area contributed by atoms with E-state index >= 15 is 0 Å². The van der Waals surface area contributed by atoms with E-state index in [9.17, 15) is 19.4 Å². The predicted molar refractivity (Wildman–Crippen MR) is 161 cm³/mol. The van der Waals surface area contributed by atoms with Gasteiger partial charge in [0.15, 0.2) is 0 Å². The maximum absolute atomic E-state index is 12.5. The molecular formula is C30H57N2O6P. The Morgan fingerprint density at radius 2 is 1.38 bits per heavy atom. The Morgan fingerprint density at radius 3 is 1.95 bits per heavy atom. The van der Waals surface area contributed by atoms with E-state index in [1.54, 1.807) is 6.08 Å². The lowest BCUT2D eigenvalue weighted by molar-refractivity contribution is -0.123. The molecule has 5 N–H and O–H groups in total. The number of phosphoric acid groups is 1. The van der Waals surface area contributed by atoms with Crippen molar-refractivity contribution in [3.8, 4) is 0 Å². The summed E-state index contributed by atoms with van der Waals surface area (Å²) in [6, 6.07) is -0.875. The van der Waals surface area contributed by atoms with Crippen LogP contribution in [-0.4, -0.2) is 47.8 Å². The van der Waals surface area contributed by atoms with Crippen LogP contribution in [0, 0.1) is 0 Å². The minimum atomic E-state index is -4.33. The molecule has 0 rings (SSSR count). The largest absolute Gasteiger partial charge is 0.472 e. The molecule has 8 nitrogen and oxygen atoms in total. The van der Waals surface area contributed by atoms with Crippen LogP contribution in [0.3, 0.4) is 0 Å². The van der Waals surface area contributed by atoms with Crippen molar-refractivity contribution in [2.45, 2.75) is 129 Å². The number of rotatable bonds is 27. The van der Waals surface area contributed by atoms with Crippen LogP contribution in [0.1, 0.15) is 117 Å². The van der Waals surface area contributed by atoms with Gasteiger partial charge in [-0.15, -0.1) is 0 Å². The second kappa shape index (κ2) is 26.9. The molecule has 3 atom stereocenters. The van der Waals surface area contributed by atoms with Crippen LogP contribution in [0.5, 0.6) is 0 Å². The van der Waals surface area contributed by atoms with Crippen molar-refractivity contribution in [2.75, 3.05) is 19.8 Å². The van der Waals surface area contributed by atoms with Crippen molar-refractivity contribution in [3.63, 3.8) is 0 Å². The average Bonchev–Trinajstić information content (AvgIpc) is 2.91. The molecule has 0 spiro atoms. The topological polar surface area (TPSA) is 131 Å². The number of amides is 1. The maximum atomic E-state index is 12.5. The second-order valence-corrected chi connectivity index (χ2v) is 11.4. The summed E-state index contributed by atoms with van der Waals surface area (Å²) in [6.45, 7) is 3.92. The number of carbonyl (C=O) groups is 1. The Kier molecular flexibility index (Phi) is 26.0. The fourth-order valence-corrected chi connectivity index (χ4v) is 4.69. The Bertz CT molecular complexity index is 714. The number of carbonyl (C=O) groups excluding carboxylic acids is 1. The first kappa shape index (κ1) is 37.7. The molecule has 0 aliphatic carbocycles. The molecule has 9 heteroatoms. The normalized spacial score (nSPS) is 15.3. The van der Waals surface area contributed by atoms with Crippen LogP contribution in [-0.2, 0) is 18.4 Å². The summed E-state index contributed by atoms with van der Waals surface area (Å²) in [5.41, 5.74) is 5.31. The molecule has 0 saturated heterocycles. The molecule has 0 aromatic carbocycles. The molecule has 0 fully saturated rings. The second-order valence-electron chi connectivity index (χ2n) is 9.92. The third-order valence-electron chi connectivity index (χ3n) is 6.21. The van der Waals surface area contributed by atoms with Crippen molar-refractivity contribution >= 4 is 13.7 Å². The summed E-state index contributed by atoms with van der Waals surface area (Å²) >= 11 is 0. The lowest BCUT2D eigenvalue weighted by atomic mass is 10.1. The molecule has 1 amide bonds. The third kappa shape index (κ3) is 25.4. The van der Waals surface area contributed by atoms with Gasteiger partial charge in [-0.25, -0.2) is 4.57 Å². The average molecular weight is 573 g/mol. The maximum Gasteiger partial charge on any atom is 0.472 e. The molecule has 228 valence electrons. The minimum absolute atomic E-state index is 0.0716. The van der Waals surface area contributed by atoms with Crippen LogP contribution < -0.4 is 11.1 Å². The highest BCUT2D eigenvalue weighted by molar-refractivity contribution is 7.47. The van der Waals surface area contributed by atoms with Gasteiger partial charge < -0.3 is 21.1 Å². The smallest absolute Gasteiger partial charge is 0.387 e. The van der Waals surface area contributed by atoms with E-state index in [-0.39, 0.29) is 25.7 Å². The molecule has 0 radical (unpaired) electrons. The van der Waals surface area contributed by atoms with E-state index in [1.807, 2.05) is 6.08 Å². The molecule has 0 aliphatic rings. The van der Waals surface area contributed by atoms with E-state index in [2.05, 4.69) is 43.5 Å². The highest BCUT2D eigenvalue weighted by Gasteiger charge is 2.26. The van der Waals surface area contributed by atoms with E-state index in [1.165, 1.54) is 44.9 Å². The van der Waals surface area contributed by atoms with Crippen molar-refractivity contribution < 1.29 is 28.4 Å². The van der Waals surface area contributed by atoms with Gasteiger partial charge >= 0.3 is 7.82 Å². The quantitative estimate of drug-likeness (QED) is 0.0480. The van der Waals surface area contributed by atoms with Gasteiger partial charge in [-0.1, -0.05) is 108 Å². The van der Waals surface area contributed by atoms with Crippen molar-refractivity contribution in [3.05, 3.63) is 36.5 Å². The summed E-state index contributed by atoms with van der Waals surface area (Å²) in [5.74, 6) is -0.216. The standard InChI is InChI=1S/C30H57N2O6P/c1-3-5-7-9-11-13-15-17-19-21-23-29(33)28(27-38-39(35,36)37-26-25-31)32-30(34)24-22-20-18-16-14-12-10-8-6-4-2/h5,7,13,15,21,23,28-29,33H,3-4,6,8-12,14,16-20,22,24-27,31H2,1-2H3,(H,32,34)(H,35,36)/b7-5+,15-13+,23-21+. The summed E-state index contributed by atoms with van der Waals surface area (Å²) in [6.07, 6.45) is 27.7. The fraction of sp³-hybridized carbons (Fsp3) is 0.767. The van der Waals surface area contributed by atoms with Crippen LogP contribution in [0.4, 0.5) is 0 Å². The minimum Gasteiger partial charge on any atom is -0.387 e. The fourth-order valence-electron chi connectivity index (χ4n) is 3.93. The van der Waals surface area contributed by atoms with E-state index in [0.29, 0.717) is 6.42 Å². The van der Waals surface area contributed by atoms with Gasteiger partial charge in [-0.2, -0.15) is 0 Å². The first-order valence-corrected chi connectivity index (χ1v) is 16.6. The summed E-state index contributed by atoms with van der Waals surface area (Å²) < 4.78 is 21.8. The van der Waals surface area contributed by atoms with E-state index in [0.717, 1.165) is 51.4 Å². The highest BCUT2D eigenvalue weighted by atomic mass is 31.2. The van der Waals surface area contributed by atoms with Gasteiger partial charge in [0.2, 0.25) is 5.91 Å². The zero-order chi connectivity index (χ0) is 29.0. The van der Waals surface area contributed by atoms with Gasteiger partial charge in [-0.05, 0) is 38.5 Å². The third-order valence-corrected chi connectivity index (χ3v) is 7.19. The van der Waals surface area contributed by atoms with Gasteiger partial charge in [0, 0.05) is 13.0 Å². The Hall–Kier alpha value is -1.28. The molecule has 0 aromatic heterocycles. The number of hydrogen-bond donors (Lipinski definition) is 4. The number of allylic oxidation sites excluding steroid dienone is 5. The van der Waals surface area contributed by atoms with Gasteiger partial charge in [0.1, 0.15) is 0 Å². The lowest BCUT2D eigenvalue weighted by Gasteiger charge is -2.23. The number of nitrogens with two attached hydrogens (primary N) is 1. The Balaban J connectivity index is 4.55. The number of aliphatic hydroxyl groups excluding tert-OH is 1. The van der Waals surface area contributed by atoms with Crippen LogP contribution in [0.25, 0.3) is 0 Å². The predicted octanol–water partition coefficient (Wildman–Crippen LogP) is 6.87. The Morgan fingerprint density at radius 1 is 0.846 bits per heavy atom. The van der Waals surface area contributed by atoms with Crippen LogP contribution in [0.2, 0.25) is 0 Å². The first-order valence-electron chi connectivity index (χ1n) is 15.1. The summed E-state index contributed by atoms with van der Waals surface area (Å²) in [4.78, 5) is 22.3. The summed E-state index contributed by atoms with van der Waals surface area (Å²) in [5, 5.41) is 13.4. The SMILES string of the molecule is CC/C=C/CC/C=C/CC/C=C/C(O)C(COP(=O)(O)OCCN)NC(=O)CCCCCCCCCCCC. The molecule has 0 saturated carbocycles. The molecule has 0 heterocycles. The summed E-state index contributed by atoms with van der Waals surface area (Å²) in [7, 11) is -4.33. The molecular weight excluding hydrogens is 515 g/mol. The van der Waals surface area contributed by atoms with Gasteiger partial charge in [0.25, 0.3) is 0 Å². The number of phosphoric ester groups is 1. The first-order chi connectivity index (χ1) is 18.9. The van der Waals surface area contributed by atoms with Gasteiger partial charge in [0.05, 0.1) is 25.4 Å². The molecule has 0 aromatic rings. The molecule has 3 unspecified atom stereocenters. The van der Waals surface area contributed by atoms with E-state index in [4.69, 9.17) is 14.8 Å². The molecule has 0 aliphatic heterocycles.